The first-order valence-corrected chi connectivity index (χ1v) is 3.91. The van der Waals surface area contributed by atoms with Crippen molar-refractivity contribution in [3.8, 4) is 0 Å². The highest BCUT2D eigenvalue weighted by Crippen LogP contribution is 2.15. The molecule has 0 aliphatic heterocycles. The van der Waals surface area contributed by atoms with Gasteiger partial charge in [-0.3, -0.25) is 4.79 Å². The molecule has 0 radical (unpaired) electrons. The van der Waals surface area contributed by atoms with Gasteiger partial charge in [0.05, 0.1) is 0 Å². The van der Waals surface area contributed by atoms with E-state index in [-0.39, 0.29) is 6.54 Å². The summed E-state index contributed by atoms with van der Waals surface area (Å²) >= 11 is 0. The van der Waals surface area contributed by atoms with Gasteiger partial charge in [0.1, 0.15) is 6.54 Å². The number of carboxylic acid groups (broad SMARTS) is 1. The Kier molecular flexibility index (Phi) is 2.74. The number of benzene rings is 1. The maximum Gasteiger partial charge on any atom is 0.322 e. The Hall–Kier alpha value is -1.71. The molecule has 13 heavy (non-hydrogen) atoms. The van der Waals surface area contributed by atoms with Gasteiger partial charge in [0.15, 0.2) is 0 Å². The van der Waals surface area contributed by atoms with Crippen LogP contribution < -0.4 is 11.1 Å². The average molecular weight is 180 g/mol. The maximum atomic E-state index is 10.2. The zero-order chi connectivity index (χ0) is 9.84. The Labute approximate surface area is 76.4 Å². The first kappa shape index (κ1) is 9.38. The van der Waals surface area contributed by atoms with E-state index in [4.69, 9.17) is 10.8 Å². The molecule has 0 atom stereocenters. The number of hydrogen-bond donors (Lipinski definition) is 3. The van der Waals surface area contributed by atoms with Crippen molar-refractivity contribution in [1.29, 1.82) is 0 Å². The minimum atomic E-state index is -0.880. The maximum absolute atomic E-state index is 10.2. The highest BCUT2D eigenvalue weighted by atomic mass is 16.4. The number of aryl methyl sites for hydroxylation is 1. The smallest absolute Gasteiger partial charge is 0.322 e. The molecule has 0 heterocycles. The normalized spacial score (nSPS) is 9.62. The summed E-state index contributed by atoms with van der Waals surface area (Å²) in [7, 11) is 0. The summed E-state index contributed by atoms with van der Waals surface area (Å²) in [6, 6.07) is 5.32. The molecule has 0 spiro atoms. The molecule has 0 fully saturated rings. The third kappa shape index (κ3) is 2.66. The van der Waals surface area contributed by atoms with Crippen molar-refractivity contribution in [3.05, 3.63) is 23.8 Å². The number of aliphatic carboxylic acids is 1. The van der Waals surface area contributed by atoms with Crippen molar-refractivity contribution in [2.75, 3.05) is 17.6 Å². The molecular weight excluding hydrogens is 168 g/mol. The zero-order valence-electron chi connectivity index (χ0n) is 7.37. The Balaban J connectivity index is 2.68. The molecular formula is C9H12N2O2. The van der Waals surface area contributed by atoms with Gasteiger partial charge in [-0.15, -0.1) is 0 Å². The van der Waals surface area contributed by atoms with Gasteiger partial charge in [0.2, 0.25) is 0 Å². The standard InChI is InChI=1S/C9H12N2O2/c1-6-4-7(2-3-8(6)10)11-5-9(12)13/h2-4,11H,5,10H2,1H3,(H,12,13). The van der Waals surface area contributed by atoms with Crippen LogP contribution in [0.2, 0.25) is 0 Å². The Bertz CT molecular complexity index is 323. The van der Waals surface area contributed by atoms with Crippen LogP contribution in [0.4, 0.5) is 11.4 Å². The lowest BCUT2D eigenvalue weighted by Gasteiger charge is -2.05. The fraction of sp³-hybridized carbons (Fsp3) is 0.222. The van der Waals surface area contributed by atoms with Crippen LogP contribution in [0.5, 0.6) is 0 Å². The second-order valence-electron chi connectivity index (χ2n) is 2.82. The summed E-state index contributed by atoms with van der Waals surface area (Å²) in [5.74, 6) is -0.880. The van der Waals surface area contributed by atoms with E-state index in [1.165, 1.54) is 0 Å². The van der Waals surface area contributed by atoms with Gasteiger partial charge in [-0.25, -0.2) is 0 Å². The predicted octanol–water partition coefficient (Wildman–Crippen LogP) is 1.07. The lowest BCUT2D eigenvalue weighted by Crippen LogP contribution is -2.12. The lowest BCUT2D eigenvalue weighted by molar-refractivity contribution is -0.134. The topological polar surface area (TPSA) is 75.3 Å². The molecule has 4 nitrogen and oxygen atoms in total. The van der Waals surface area contributed by atoms with Crippen molar-refractivity contribution < 1.29 is 9.90 Å². The molecule has 0 amide bonds. The highest BCUT2D eigenvalue weighted by Gasteiger charge is 1.98. The Morgan fingerprint density at radius 2 is 2.31 bits per heavy atom. The van der Waals surface area contributed by atoms with Gasteiger partial charge in [0, 0.05) is 11.4 Å². The molecule has 70 valence electrons. The second kappa shape index (κ2) is 3.80. The van der Waals surface area contributed by atoms with Gasteiger partial charge < -0.3 is 16.2 Å². The van der Waals surface area contributed by atoms with Gasteiger partial charge >= 0.3 is 5.97 Å². The van der Waals surface area contributed by atoms with E-state index < -0.39 is 5.97 Å². The van der Waals surface area contributed by atoms with Crippen LogP contribution in [0.15, 0.2) is 18.2 Å². The molecule has 0 saturated heterocycles. The number of nitrogens with two attached hydrogens (primary N) is 1. The van der Waals surface area contributed by atoms with Crippen molar-refractivity contribution in [2.45, 2.75) is 6.92 Å². The van der Waals surface area contributed by atoms with Gasteiger partial charge in [-0.2, -0.15) is 0 Å². The van der Waals surface area contributed by atoms with Crippen LogP contribution >= 0.6 is 0 Å². The first-order valence-electron chi connectivity index (χ1n) is 3.91. The Morgan fingerprint density at radius 1 is 1.62 bits per heavy atom. The zero-order valence-corrected chi connectivity index (χ0v) is 7.37. The minimum absolute atomic E-state index is 0.0800. The SMILES string of the molecule is Cc1cc(NCC(=O)O)ccc1N. The highest BCUT2D eigenvalue weighted by molar-refractivity contribution is 5.73. The Morgan fingerprint density at radius 3 is 2.85 bits per heavy atom. The van der Waals surface area contributed by atoms with E-state index in [2.05, 4.69) is 5.32 Å². The summed E-state index contributed by atoms with van der Waals surface area (Å²) in [4.78, 5) is 10.2. The molecule has 4 N–H and O–H groups in total. The third-order valence-corrected chi connectivity index (χ3v) is 1.71. The molecule has 0 aromatic heterocycles. The number of rotatable bonds is 3. The lowest BCUT2D eigenvalue weighted by atomic mass is 10.2. The number of hydrogen-bond acceptors (Lipinski definition) is 3. The van der Waals surface area contributed by atoms with Crippen LogP contribution in [-0.4, -0.2) is 17.6 Å². The largest absolute Gasteiger partial charge is 0.480 e. The second-order valence-corrected chi connectivity index (χ2v) is 2.82. The van der Waals surface area contributed by atoms with Crippen LogP contribution in [0.1, 0.15) is 5.56 Å². The summed E-state index contributed by atoms with van der Waals surface area (Å²) in [6.07, 6.45) is 0. The van der Waals surface area contributed by atoms with Gasteiger partial charge in [-0.1, -0.05) is 0 Å². The molecule has 4 heteroatoms. The molecule has 0 aliphatic carbocycles. The molecule has 0 unspecified atom stereocenters. The van der Waals surface area contributed by atoms with Gasteiger partial charge in [0.25, 0.3) is 0 Å². The van der Waals surface area contributed by atoms with E-state index in [1.54, 1.807) is 12.1 Å². The van der Waals surface area contributed by atoms with Crippen LogP contribution in [-0.2, 0) is 4.79 Å². The summed E-state index contributed by atoms with van der Waals surface area (Å²) in [6.45, 7) is 1.80. The summed E-state index contributed by atoms with van der Waals surface area (Å²) < 4.78 is 0. The fourth-order valence-electron chi connectivity index (χ4n) is 0.963. The number of anilines is 2. The van der Waals surface area contributed by atoms with Crippen LogP contribution in [0.3, 0.4) is 0 Å². The molecule has 1 aromatic rings. The summed E-state index contributed by atoms with van der Waals surface area (Å²) in [5.41, 5.74) is 8.02. The number of nitrogen functional groups attached to an aromatic ring is 1. The van der Waals surface area contributed by atoms with Crippen molar-refractivity contribution >= 4 is 17.3 Å². The van der Waals surface area contributed by atoms with Crippen molar-refractivity contribution in [3.63, 3.8) is 0 Å². The van der Waals surface area contributed by atoms with E-state index in [0.717, 1.165) is 11.3 Å². The fourth-order valence-corrected chi connectivity index (χ4v) is 0.963. The number of nitrogens with one attached hydrogen (secondary N) is 1. The van der Waals surface area contributed by atoms with Crippen molar-refractivity contribution in [1.82, 2.24) is 0 Å². The average Bonchev–Trinajstić information content (AvgIpc) is 2.07. The molecule has 1 rings (SSSR count). The molecule has 1 aromatic carbocycles. The molecule has 0 bridgehead atoms. The third-order valence-electron chi connectivity index (χ3n) is 1.71. The van der Waals surface area contributed by atoms with Crippen LogP contribution in [0.25, 0.3) is 0 Å². The van der Waals surface area contributed by atoms with Gasteiger partial charge in [-0.05, 0) is 30.7 Å². The molecule has 0 aliphatic rings. The molecule has 0 saturated carbocycles. The monoisotopic (exact) mass is 180 g/mol. The van der Waals surface area contributed by atoms with E-state index in [9.17, 15) is 4.79 Å². The van der Waals surface area contributed by atoms with E-state index in [0.29, 0.717) is 5.69 Å². The quantitative estimate of drug-likeness (QED) is 0.608. The van der Waals surface area contributed by atoms with E-state index in [1.807, 2.05) is 13.0 Å². The number of carboxylic acids is 1. The predicted molar refractivity (Wildman–Crippen MR) is 51.7 cm³/mol. The van der Waals surface area contributed by atoms with Crippen LogP contribution in [0, 0.1) is 6.92 Å². The minimum Gasteiger partial charge on any atom is -0.480 e. The summed E-state index contributed by atoms with van der Waals surface area (Å²) in [5, 5.41) is 11.2. The van der Waals surface area contributed by atoms with Crippen molar-refractivity contribution in [2.24, 2.45) is 0 Å². The van der Waals surface area contributed by atoms with E-state index >= 15 is 0 Å². The first-order chi connectivity index (χ1) is 6.09. The number of carbonyl (C=O) groups is 1.